The van der Waals surface area contributed by atoms with Crippen LogP contribution in [0.2, 0.25) is 0 Å². The molecular formula is C21H24N2O4S. The van der Waals surface area contributed by atoms with Crippen LogP contribution in [-0.4, -0.2) is 27.5 Å². The lowest BCUT2D eigenvalue weighted by Gasteiger charge is -2.17. The second-order valence-electron chi connectivity index (χ2n) is 7.21. The maximum atomic E-state index is 12.7. The molecule has 2 aromatic carbocycles. The average Bonchev–Trinajstić information content (AvgIpc) is 3.45. The zero-order valence-electron chi connectivity index (χ0n) is 15.8. The van der Waals surface area contributed by atoms with Crippen LogP contribution in [0.3, 0.4) is 0 Å². The van der Waals surface area contributed by atoms with Crippen LogP contribution in [0.15, 0.2) is 47.4 Å². The number of carbonyl (C=O) groups excluding carboxylic acids is 1. The third-order valence-electron chi connectivity index (χ3n) is 5.13. The Morgan fingerprint density at radius 1 is 1.21 bits per heavy atom. The molecule has 1 N–H and O–H groups in total. The van der Waals surface area contributed by atoms with E-state index in [0.29, 0.717) is 19.6 Å². The third-order valence-corrected chi connectivity index (χ3v) is 6.52. The van der Waals surface area contributed by atoms with Crippen LogP contribution in [0, 0.1) is 5.92 Å². The zero-order chi connectivity index (χ0) is 19.7. The number of sulfonamides is 1. The molecule has 4 rings (SSSR count). The predicted molar refractivity (Wildman–Crippen MR) is 107 cm³/mol. The lowest BCUT2D eigenvalue weighted by molar-refractivity contribution is -0.119. The van der Waals surface area contributed by atoms with E-state index in [2.05, 4.69) is 4.72 Å². The average molecular weight is 401 g/mol. The number of hydrogen-bond acceptors (Lipinski definition) is 4. The number of hydrogen-bond donors (Lipinski definition) is 1. The monoisotopic (exact) mass is 400 g/mol. The van der Waals surface area contributed by atoms with Gasteiger partial charge in [0.1, 0.15) is 5.75 Å². The van der Waals surface area contributed by atoms with Crippen molar-refractivity contribution in [2.24, 2.45) is 5.92 Å². The molecule has 0 bridgehead atoms. The number of amides is 1. The molecule has 0 radical (unpaired) electrons. The highest BCUT2D eigenvalue weighted by Crippen LogP contribution is 2.37. The number of anilines is 1. The van der Waals surface area contributed by atoms with Crippen LogP contribution < -0.4 is 14.4 Å². The Kier molecular flexibility index (Phi) is 5.12. The van der Waals surface area contributed by atoms with Crippen LogP contribution in [-0.2, 0) is 27.8 Å². The van der Waals surface area contributed by atoms with Gasteiger partial charge in [0.05, 0.1) is 11.5 Å². The Labute approximate surface area is 165 Å². The molecule has 2 aromatic rings. The van der Waals surface area contributed by atoms with Crippen molar-refractivity contribution < 1.29 is 17.9 Å². The molecule has 0 atom stereocenters. The Morgan fingerprint density at radius 3 is 2.79 bits per heavy atom. The van der Waals surface area contributed by atoms with Gasteiger partial charge in [0.15, 0.2) is 0 Å². The van der Waals surface area contributed by atoms with Gasteiger partial charge in [-0.1, -0.05) is 12.1 Å². The van der Waals surface area contributed by atoms with Crippen LogP contribution in [0.25, 0.3) is 0 Å². The summed E-state index contributed by atoms with van der Waals surface area (Å²) in [7, 11) is -3.64. The summed E-state index contributed by atoms with van der Waals surface area (Å²) in [6.07, 6.45) is 2.62. The molecule has 0 aromatic heterocycles. The summed E-state index contributed by atoms with van der Waals surface area (Å²) < 4.78 is 33.6. The van der Waals surface area contributed by atoms with Crippen molar-refractivity contribution in [2.75, 3.05) is 18.1 Å². The first-order chi connectivity index (χ1) is 13.5. The number of rotatable bonds is 7. The molecule has 0 saturated heterocycles. The molecule has 1 amide bonds. The molecule has 0 unspecified atom stereocenters. The van der Waals surface area contributed by atoms with E-state index in [1.165, 1.54) is 0 Å². The molecule has 1 aliphatic heterocycles. The Morgan fingerprint density at radius 2 is 2.04 bits per heavy atom. The van der Waals surface area contributed by atoms with Crippen molar-refractivity contribution in [3.63, 3.8) is 0 Å². The van der Waals surface area contributed by atoms with E-state index in [4.69, 9.17) is 4.74 Å². The summed E-state index contributed by atoms with van der Waals surface area (Å²) in [6, 6.07) is 12.4. The summed E-state index contributed by atoms with van der Waals surface area (Å²) in [5.41, 5.74) is 2.59. The Hall–Kier alpha value is -2.38. The first-order valence-electron chi connectivity index (χ1n) is 9.63. The maximum absolute atomic E-state index is 12.7. The highest BCUT2D eigenvalue weighted by atomic mass is 32.2. The van der Waals surface area contributed by atoms with Gasteiger partial charge in [-0.05, 0) is 67.6 Å². The van der Waals surface area contributed by atoms with Gasteiger partial charge in [0.2, 0.25) is 15.9 Å². The number of fused-ring (bicyclic) bond motifs is 1. The predicted octanol–water partition coefficient (Wildman–Crippen LogP) is 2.86. The van der Waals surface area contributed by atoms with E-state index < -0.39 is 10.0 Å². The fraction of sp³-hybridized carbons (Fsp3) is 0.381. The van der Waals surface area contributed by atoms with Gasteiger partial charge in [0.25, 0.3) is 0 Å². The molecule has 1 fully saturated rings. The molecule has 1 heterocycles. The smallest absolute Gasteiger partial charge is 0.240 e. The minimum Gasteiger partial charge on any atom is -0.494 e. The van der Waals surface area contributed by atoms with Gasteiger partial charge in [-0.2, -0.15) is 0 Å². The summed E-state index contributed by atoms with van der Waals surface area (Å²) >= 11 is 0. The van der Waals surface area contributed by atoms with E-state index in [0.717, 1.165) is 35.4 Å². The number of carbonyl (C=O) groups is 1. The molecule has 148 valence electrons. The second-order valence-corrected chi connectivity index (χ2v) is 8.98. The topological polar surface area (TPSA) is 75.7 Å². The normalized spacial score (nSPS) is 16.1. The molecular weight excluding hydrogens is 376 g/mol. The quantitative estimate of drug-likeness (QED) is 0.775. The van der Waals surface area contributed by atoms with Crippen molar-refractivity contribution >= 4 is 21.6 Å². The van der Waals surface area contributed by atoms with Gasteiger partial charge >= 0.3 is 0 Å². The second kappa shape index (κ2) is 7.56. The number of nitrogens with zero attached hydrogens (tertiary/aromatic N) is 1. The van der Waals surface area contributed by atoms with Crippen molar-refractivity contribution in [3.05, 3.63) is 53.6 Å². The molecule has 7 heteroatoms. The number of ether oxygens (including phenoxy) is 1. The molecule has 2 aliphatic rings. The number of benzene rings is 2. The van der Waals surface area contributed by atoms with E-state index in [1.54, 1.807) is 23.1 Å². The fourth-order valence-electron chi connectivity index (χ4n) is 3.50. The van der Waals surface area contributed by atoms with Crippen LogP contribution >= 0.6 is 0 Å². The minimum atomic E-state index is -3.64. The minimum absolute atomic E-state index is 0.156. The van der Waals surface area contributed by atoms with E-state index in [1.807, 2.05) is 31.2 Å². The van der Waals surface area contributed by atoms with Crippen molar-refractivity contribution in [1.82, 2.24) is 4.72 Å². The van der Waals surface area contributed by atoms with Crippen LogP contribution in [0.4, 0.5) is 5.69 Å². The van der Waals surface area contributed by atoms with Crippen molar-refractivity contribution in [1.29, 1.82) is 0 Å². The van der Waals surface area contributed by atoms with E-state index in [-0.39, 0.29) is 23.3 Å². The highest BCUT2D eigenvalue weighted by molar-refractivity contribution is 7.89. The molecule has 6 nitrogen and oxygen atoms in total. The molecule has 28 heavy (non-hydrogen) atoms. The van der Waals surface area contributed by atoms with Gasteiger partial charge in [-0.25, -0.2) is 13.1 Å². The SMILES string of the molecule is CCOc1cccc(CNS(=O)(=O)c2ccc3c(c2)CCN3C(=O)C2CC2)c1. The molecule has 1 aliphatic carbocycles. The van der Waals surface area contributed by atoms with E-state index in [9.17, 15) is 13.2 Å². The largest absolute Gasteiger partial charge is 0.494 e. The third kappa shape index (κ3) is 3.91. The fourth-order valence-corrected chi connectivity index (χ4v) is 4.57. The van der Waals surface area contributed by atoms with Gasteiger partial charge in [0, 0.05) is 24.7 Å². The van der Waals surface area contributed by atoms with Gasteiger partial charge < -0.3 is 9.64 Å². The van der Waals surface area contributed by atoms with Gasteiger partial charge in [-0.3, -0.25) is 4.79 Å². The van der Waals surface area contributed by atoms with Crippen LogP contribution in [0.5, 0.6) is 5.75 Å². The summed E-state index contributed by atoms with van der Waals surface area (Å²) in [5.74, 6) is 1.04. The van der Waals surface area contributed by atoms with Crippen molar-refractivity contribution in [2.45, 2.75) is 37.6 Å². The first kappa shape index (κ1) is 19.0. The van der Waals surface area contributed by atoms with Gasteiger partial charge in [-0.15, -0.1) is 0 Å². The van der Waals surface area contributed by atoms with Crippen LogP contribution in [0.1, 0.15) is 30.9 Å². The Balaban J connectivity index is 1.47. The summed E-state index contributed by atoms with van der Waals surface area (Å²) in [5, 5.41) is 0. The van der Waals surface area contributed by atoms with Crippen molar-refractivity contribution in [3.8, 4) is 5.75 Å². The lowest BCUT2D eigenvalue weighted by Crippen LogP contribution is -2.30. The van der Waals surface area contributed by atoms with E-state index >= 15 is 0 Å². The standard InChI is InChI=1S/C21H24N2O4S/c1-2-27-18-5-3-4-15(12-18)14-22-28(25,26)19-8-9-20-17(13-19)10-11-23(20)21(24)16-6-7-16/h3-5,8-9,12-13,16,22H,2,6-7,10-11,14H2,1H3. The summed E-state index contributed by atoms with van der Waals surface area (Å²) in [6.45, 7) is 3.28. The Bertz CT molecular complexity index is 999. The first-order valence-corrected chi connectivity index (χ1v) is 11.1. The highest BCUT2D eigenvalue weighted by Gasteiger charge is 2.36. The maximum Gasteiger partial charge on any atom is 0.240 e. The molecule has 1 saturated carbocycles. The zero-order valence-corrected chi connectivity index (χ0v) is 16.7. The molecule has 0 spiro atoms. The lowest BCUT2D eigenvalue weighted by atomic mass is 10.2. The summed E-state index contributed by atoms with van der Waals surface area (Å²) in [4.78, 5) is 14.4. The number of nitrogens with one attached hydrogen (secondary N) is 1.